The van der Waals surface area contributed by atoms with Gasteiger partial charge in [0.25, 0.3) is 0 Å². The van der Waals surface area contributed by atoms with Gasteiger partial charge in [-0.25, -0.2) is 0 Å². The van der Waals surface area contributed by atoms with Crippen molar-refractivity contribution in [2.45, 2.75) is 78.2 Å². The molecule has 5 rings (SSSR count). The molecule has 27 heavy (non-hydrogen) atoms. The Balaban J connectivity index is 1.46. The van der Waals surface area contributed by atoms with Crippen LogP contribution in [-0.2, 0) is 0 Å². The van der Waals surface area contributed by atoms with Gasteiger partial charge in [-0.15, -0.1) is 0 Å². The molecule has 0 bridgehead atoms. The summed E-state index contributed by atoms with van der Waals surface area (Å²) in [4.78, 5) is 0. The number of aliphatic hydroxyl groups excluding tert-OH is 1. The summed E-state index contributed by atoms with van der Waals surface area (Å²) in [5.41, 5.74) is 4.25. The van der Waals surface area contributed by atoms with Gasteiger partial charge in [0.15, 0.2) is 0 Å². The maximum absolute atomic E-state index is 10.3. The van der Waals surface area contributed by atoms with E-state index in [1.807, 2.05) is 5.57 Å². The Morgan fingerprint density at radius 2 is 1.74 bits per heavy atom. The quantitative estimate of drug-likeness (QED) is 0.631. The Kier molecular flexibility index (Phi) is 4.41. The molecule has 0 aromatic carbocycles. The van der Waals surface area contributed by atoms with Crippen LogP contribution in [0.5, 0.6) is 0 Å². The number of hydrogen-bond donors (Lipinski definition) is 2. The molecule has 4 aliphatic carbocycles. The van der Waals surface area contributed by atoms with Gasteiger partial charge >= 0.3 is 0 Å². The van der Waals surface area contributed by atoms with Crippen LogP contribution in [0.3, 0.4) is 0 Å². The van der Waals surface area contributed by atoms with E-state index in [2.05, 4.69) is 38.2 Å². The Morgan fingerprint density at radius 1 is 1.00 bits per heavy atom. The molecule has 150 valence electrons. The molecule has 7 atom stereocenters. The maximum Gasteiger partial charge on any atom is 0.0577 e. The van der Waals surface area contributed by atoms with Crippen molar-refractivity contribution in [1.82, 2.24) is 5.32 Å². The minimum Gasteiger partial charge on any atom is -0.393 e. The standard InChI is InChI=1S/C25H39NO/c1-16-14-18-15-19(27)6-10-24(18,2)22-7-11-25(3)20(4-5-21(25)23(16)22)17-8-12-26-13-9-17/h4,14,16-17,19,21-23,26-27H,5-13,15H2,1-3H3/t16-,19-,21-,22-,23-,24-,25+/m0/s1. The number of hydrogen-bond acceptors (Lipinski definition) is 2. The zero-order valence-electron chi connectivity index (χ0n) is 17.6. The van der Waals surface area contributed by atoms with Crippen LogP contribution in [0, 0.1) is 40.4 Å². The highest BCUT2D eigenvalue weighted by Gasteiger charge is 2.58. The van der Waals surface area contributed by atoms with Crippen molar-refractivity contribution < 1.29 is 5.11 Å². The van der Waals surface area contributed by atoms with Crippen LogP contribution in [0.15, 0.2) is 23.3 Å². The van der Waals surface area contributed by atoms with Crippen LogP contribution in [0.1, 0.15) is 72.1 Å². The number of allylic oxidation sites excluding steroid dienone is 3. The van der Waals surface area contributed by atoms with Gasteiger partial charge in [0.1, 0.15) is 0 Å². The number of rotatable bonds is 1. The van der Waals surface area contributed by atoms with Crippen LogP contribution in [0.2, 0.25) is 0 Å². The fourth-order valence-corrected chi connectivity index (χ4v) is 8.37. The predicted octanol–water partition coefficient (Wildman–Crippen LogP) is 5.09. The topological polar surface area (TPSA) is 32.3 Å². The molecule has 5 aliphatic rings. The van der Waals surface area contributed by atoms with Crippen LogP contribution >= 0.6 is 0 Å². The van der Waals surface area contributed by atoms with E-state index in [9.17, 15) is 5.11 Å². The first kappa shape index (κ1) is 18.4. The predicted molar refractivity (Wildman–Crippen MR) is 111 cm³/mol. The molecule has 0 spiro atoms. The average molecular weight is 370 g/mol. The van der Waals surface area contributed by atoms with Crippen molar-refractivity contribution in [3.05, 3.63) is 23.3 Å². The summed E-state index contributed by atoms with van der Waals surface area (Å²) in [6, 6.07) is 0. The second kappa shape index (κ2) is 6.46. The largest absolute Gasteiger partial charge is 0.393 e. The molecular formula is C25H39NO. The van der Waals surface area contributed by atoms with Crippen molar-refractivity contribution in [2.24, 2.45) is 40.4 Å². The maximum atomic E-state index is 10.3. The average Bonchev–Trinajstić information content (AvgIpc) is 3.01. The molecule has 2 heteroatoms. The van der Waals surface area contributed by atoms with E-state index in [1.165, 1.54) is 51.6 Å². The summed E-state index contributed by atoms with van der Waals surface area (Å²) in [6.07, 6.45) is 15.2. The normalized spacial score (nSPS) is 50.3. The van der Waals surface area contributed by atoms with E-state index < -0.39 is 0 Å². The lowest BCUT2D eigenvalue weighted by Crippen LogP contribution is -2.52. The lowest BCUT2D eigenvalue weighted by atomic mass is 9.45. The second-order valence-electron chi connectivity index (χ2n) is 11.0. The molecule has 3 fully saturated rings. The van der Waals surface area contributed by atoms with Crippen molar-refractivity contribution in [2.75, 3.05) is 13.1 Å². The minimum absolute atomic E-state index is 0.0957. The number of fused-ring (bicyclic) bond motifs is 5. The number of aliphatic hydroxyl groups is 1. The minimum atomic E-state index is -0.0957. The lowest BCUT2D eigenvalue weighted by molar-refractivity contribution is -0.0503. The fraction of sp³-hybridized carbons (Fsp3) is 0.840. The molecular weight excluding hydrogens is 330 g/mol. The highest BCUT2D eigenvalue weighted by molar-refractivity contribution is 5.32. The highest BCUT2D eigenvalue weighted by atomic mass is 16.3. The van der Waals surface area contributed by atoms with Crippen molar-refractivity contribution in [1.29, 1.82) is 0 Å². The first-order valence-corrected chi connectivity index (χ1v) is 11.7. The zero-order valence-corrected chi connectivity index (χ0v) is 17.6. The molecule has 2 saturated carbocycles. The Labute approximate surface area is 165 Å². The SMILES string of the molecule is C[C@H]1C=C2C[C@@H](O)CC[C@]2(C)[C@H]2CC[C@]3(C)C(C4CCNCC4)=CC[C@H]3[C@H]12. The van der Waals surface area contributed by atoms with Gasteiger partial charge in [-0.2, -0.15) is 0 Å². The molecule has 0 unspecified atom stereocenters. The van der Waals surface area contributed by atoms with E-state index in [-0.39, 0.29) is 6.10 Å². The van der Waals surface area contributed by atoms with Gasteiger partial charge in [0.05, 0.1) is 6.10 Å². The van der Waals surface area contributed by atoms with Crippen molar-refractivity contribution in [3.63, 3.8) is 0 Å². The van der Waals surface area contributed by atoms with E-state index in [0.717, 1.165) is 36.5 Å². The Bertz CT molecular complexity index is 659. The van der Waals surface area contributed by atoms with Crippen LogP contribution in [0.4, 0.5) is 0 Å². The zero-order chi connectivity index (χ0) is 18.8. The summed E-state index contributed by atoms with van der Waals surface area (Å²) in [5.74, 6) is 4.02. The molecule has 0 radical (unpaired) electrons. The van der Waals surface area contributed by atoms with Gasteiger partial charge in [-0.3, -0.25) is 0 Å². The molecule has 0 amide bonds. The molecule has 1 saturated heterocycles. The Morgan fingerprint density at radius 3 is 2.52 bits per heavy atom. The monoisotopic (exact) mass is 369 g/mol. The van der Waals surface area contributed by atoms with Gasteiger partial charge in [0, 0.05) is 0 Å². The van der Waals surface area contributed by atoms with Gasteiger partial charge in [-0.1, -0.05) is 44.1 Å². The first-order chi connectivity index (χ1) is 12.9. The van der Waals surface area contributed by atoms with Gasteiger partial charge < -0.3 is 10.4 Å². The van der Waals surface area contributed by atoms with Gasteiger partial charge in [0.2, 0.25) is 0 Å². The molecule has 2 nitrogen and oxygen atoms in total. The molecule has 1 aliphatic heterocycles. The number of piperidine rings is 1. The summed E-state index contributed by atoms with van der Waals surface area (Å²) in [7, 11) is 0. The smallest absolute Gasteiger partial charge is 0.0577 e. The molecule has 1 heterocycles. The summed E-state index contributed by atoms with van der Waals surface area (Å²) in [6.45, 7) is 10.1. The fourth-order valence-electron chi connectivity index (χ4n) is 8.37. The summed E-state index contributed by atoms with van der Waals surface area (Å²) in [5, 5.41) is 13.8. The van der Waals surface area contributed by atoms with Crippen LogP contribution < -0.4 is 5.32 Å². The second-order valence-corrected chi connectivity index (χ2v) is 11.0. The van der Waals surface area contributed by atoms with E-state index in [4.69, 9.17) is 0 Å². The highest BCUT2D eigenvalue weighted by Crippen LogP contribution is 2.67. The van der Waals surface area contributed by atoms with Gasteiger partial charge in [-0.05, 0) is 105 Å². The number of nitrogens with one attached hydrogen (secondary N) is 1. The third-order valence-electron chi connectivity index (χ3n) is 9.83. The molecule has 0 aromatic heterocycles. The van der Waals surface area contributed by atoms with Crippen LogP contribution in [-0.4, -0.2) is 24.3 Å². The third-order valence-corrected chi connectivity index (χ3v) is 9.83. The molecule has 2 N–H and O–H groups in total. The van der Waals surface area contributed by atoms with E-state index in [1.54, 1.807) is 5.57 Å². The van der Waals surface area contributed by atoms with Crippen molar-refractivity contribution >= 4 is 0 Å². The van der Waals surface area contributed by atoms with Crippen LogP contribution in [0.25, 0.3) is 0 Å². The third kappa shape index (κ3) is 2.65. The van der Waals surface area contributed by atoms with E-state index >= 15 is 0 Å². The summed E-state index contributed by atoms with van der Waals surface area (Å²) >= 11 is 0. The molecule has 0 aromatic rings. The Hall–Kier alpha value is -0.600. The lowest BCUT2D eigenvalue weighted by Gasteiger charge is -2.60. The van der Waals surface area contributed by atoms with E-state index in [0.29, 0.717) is 16.7 Å². The van der Waals surface area contributed by atoms with Crippen molar-refractivity contribution in [3.8, 4) is 0 Å². The first-order valence-electron chi connectivity index (χ1n) is 11.7. The summed E-state index contributed by atoms with van der Waals surface area (Å²) < 4.78 is 0.